The fourth-order valence-electron chi connectivity index (χ4n) is 1.51. The highest BCUT2D eigenvalue weighted by Crippen LogP contribution is 2.23. The number of carboxylic acids is 1. The number of carbonyl (C=O) groups is 3. The number of aliphatic carboxylic acids is 1. The van der Waals surface area contributed by atoms with E-state index in [1.165, 1.54) is 0 Å². The molecule has 0 saturated carbocycles. The Bertz CT molecular complexity index is 602. The summed E-state index contributed by atoms with van der Waals surface area (Å²) in [4.78, 5) is 44.3. The van der Waals surface area contributed by atoms with E-state index in [1.54, 1.807) is 0 Å². The number of nitro benzene ring substituents is 1. The smallest absolute Gasteiger partial charge is 0.323 e. The van der Waals surface area contributed by atoms with Gasteiger partial charge in [-0.3, -0.25) is 24.5 Å². The first-order valence-corrected chi connectivity index (χ1v) is 5.83. The highest BCUT2D eigenvalue weighted by molar-refractivity contribution is 6.34. The van der Waals surface area contributed by atoms with Crippen LogP contribution in [0.2, 0.25) is 5.02 Å². The first-order valence-electron chi connectivity index (χ1n) is 5.45. The lowest BCUT2D eigenvalue weighted by atomic mass is 10.1. The van der Waals surface area contributed by atoms with E-state index in [2.05, 4.69) is 0 Å². The normalized spacial score (nSPS) is 9.95. The monoisotopic (exact) mass is 315 g/mol. The van der Waals surface area contributed by atoms with Gasteiger partial charge in [0.2, 0.25) is 5.91 Å². The third-order valence-electron chi connectivity index (χ3n) is 2.35. The molecule has 0 aliphatic carbocycles. The molecule has 9 nitrogen and oxygen atoms in total. The van der Waals surface area contributed by atoms with Crippen molar-refractivity contribution in [3.8, 4) is 0 Å². The van der Waals surface area contributed by atoms with Gasteiger partial charge in [-0.25, -0.2) is 0 Å². The van der Waals surface area contributed by atoms with E-state index >= 15 is 0 Å². The van der Waals surface area contributed by atoms with E-state index in [1.807, 2.05) is 0 Å². The Morgan fingerprint density at radius 3 is 2.43 bits per heavy atom. The van der Waals surface area contributed by atoms with Crippen LogP contribution < -0.4 is 5.73 Å². The number of amides is 2. The van der Waals surface area contributed by atoms with E-state index in [9.17, 15) is 24.5 Å². The quantitative estimate of drug-likeness (QED) is 0.569. The third kappa shape index (κ3) is 4.42. The Hall–Kier alpha value is -2.68. The fourth-order valence-corrected chi connectivity index (χ4v) is 1.71. The molecule has 0 atom stereocenters. The second kappa shape index (κ2) is 6.66. The molecule has 0 heterocycles. The Kier molecular flexibility index (Phi) is 5.19. The highest BCUT2D eigenvalue weighted by atomic mass is 35.5. The van der Waals surface area contributed by atoms with Crippen LogP contribution in [0.25, 0.3) is 0 Å². The number of nitrogens with zero attached hydrogens (tertiary/aromatic N) is 2. The zero-order valence-corrected chi connectivity index (χ0v) is 11.2. The molecule has 10 heteroatoms. The van der Waals surface area contributed by atoms with Gasteiger partial charge >= 0.3 is 5.97 Å². The fraction of sp³-hybridized carbons (Fsp3) is 0.182. The third-order valence-corrected chi connectivity index (χ3v) is 2.68. The maximum absolute atomic E-state index is 12.2. The van der Waals surface area contributed by atoms with Crippen molar-refractivity contribution in [2.45, 2.75) is 0 Å². The topological polar surface area (TPSA) is 144 Å². The summed E-state index contributed by atoms with van der Waals surface area (Å²) in [6.45, 7) is -1.44. The Morgan fingerprint density at radius 1 is 1.33 bits per heavy atom. The van der Waals surface area contributed by atoms with Crippen molar-refractivity contribution in [2.24, 2.45) is 5.73 Å². The van der Waals surface area contributed by atoms with Gasteiger partial charge in [0.1, 0.15) is 13.1 Å². The van der Waals surface area contributed by atoms with Gasteiger partial charge in [-0.2, -0.15) is 0 Å². The van der Waals surface area contributed by atoms with E-state index in [4.69, 9.17) is 22.4 Å². The van der Waals surface area contributed by atoms with E-state index in [-0.39, 0.29) is 10.6 Å². The maximum Gasteiger partial charge on any atom is 0.323 e. The minimum Gasteiger partial charge on any atom is -0.480 e. The van der Waals surface area contributed by atoms with Crippen LogP contribution in [-0.4, -0.2) is 45.8 Å². The molecule has 0 aromatic heterocycles. The number of carboxylic acid groups (broad SMARTS) is 1. The molecular weight excluding hydrogens is 306 g/mol. The summed E-state index contributed by atoms with van der Waals surface area (Å²) in [6.07, 6.45) is 0. The highest BCUT2D eigenvalue weighted by Gasteiger charge is 2.24. The van der Waals surface area contributed by atoms with Gasteiger partial charge in [0.25, 0.3) is 11.6 Å². The minimum absolute atomic E-state index is 0.106. The molecule has 0 radical (unpaired) electrons. The van der Waals surface area contributed by atoms with Crippen LogP contribution in [0.4, 0.5) is 5.69 Å². The molecule has 0 aliphatic heterocycles. The number of nitro groups is 1. The van der Waals surface area contributed by atoms with Crippen LogP contribution >= 0.6 is 11.6 Å². The standard InChI is InChI=1S/C11H10ClN3O6/c12-8-2-1-6(15(20)21)3-7(8)11(19)14(4-9(13)16)5-10(17)18/h1-3H,4-5H2,(H2,13,16)(H,17,18). The summed E-state index contributed by atoms with van der Waals surface area (Å²) in [5, 5.41) is 19.3. The summed E-state index contributed by atoms with van der Waals surface area (Å²) in [6, 6.07) is 3.13. The lowest BCUT2D eigenvalue weighted by Crippen LogP contribution is -2.41. The van der Waals surface area contributed by atoms with Crippen LogP contribution in [-0.2, 0) is 9.59 Å². The van der Waals surface area contributed by atoms with Crippen LogP contribution in [0.15, 0.2) is 18.2 Å². The summed E-state index contributed by atoms with van der Waals surface area (Å²) in [7, 11) is 0. The van der Waals surface area contributed by atoms with Crippen LogP contribution in [0, 0.1) is 10.1 Å². The largest absolute Gasteiger partial charge is 0.480 e. The molecule has 0 saturated heterocycles. The molecule has 1 rings (SSSR count). The second-order valence-corrected chi connectivity index (χ2v) is 4.35. The molecule has 0 aliphatic rings. The van der Waals surface area contributed by atoms with Crippen molar-refractivity contribution in [2.75, 3.05) is 13.1 Å². The number of carbonyl (C=O) groups excluding carboxylic acids is 2. The molecule has 0 fully saturated rings. The molecular formula is C11H10ClN3O6. The van der Waals surface area contributed by atoms with Crippen LogP contribution in [0.5, 0.6) is 0 Å². The maximum atomic E-state index is 12.2. The average Bonchev–Trinajstić information content (AvgIpc) is 2.36. The van der Waals surface area contributed by atoms with E-state index < -0.39 is 41.5 Å². The predicted molar refractivity (Wildman–Crippen MR) is 70.8 cm³/mol. The Morgan fingerprint density at radius 2 is 1.95 bits per heavy atom. The van der Waals surface area contributed by atoms with E-state index in [0.29, 0.717) is 4.90 Å². The van der Waals surface area contributed by atoms with Crippen molar-refractivity contribution in [1.82, 2.24) is 4.90 Å². The summed E-state index contributed by atoms with van der Waals surface area (Å²) in [5.74, 6) is -3.23. The van der Waals surface area contributed by atoms with Crippen molar-refractivity contribution in [1.29, 1.82) is 0 Å². The summed E-state index contributed by atoms with van der Waals surface area (Å²) in [5.41, 5.74) is 4.26. The molecule has 1 aromatic rings. The SMILES string of the molecule is NC(=O)CN(CC(=O)O)C(=O)c1cc([N+](=O)[O-])ccc1Cl. The van der Waals surface area contributed by atoms with Gasteiger partial charge in [-0.05, 0) is 6.07 Å². The molecule has 3 N–H and O–H groups in total. The van der Waals surface area contributed by atoms with Crippen LogP contribution in [0.3, 0.4) is 0 Å². The van der Waals surface area contributed by atoms with Crippen molar-refractivity contribution >= 4 is 35.1 Å². The number of non-ortho nitro benzene ring substituents is 1. The number of halogens is 1. The number of hydrogen-bond donors (Lipinski definition) is 2. The zero-order valence-electron chi connectivity index (χ0n) is 10.5. The van der Waals surface area contributed by atoms with Crippen molar-refractivity contribution in [3.05, 3.63) is 38.9 Å². The lowest BCUT2D eigenvalue weighted by Gasteiger charge is -2.19. The predicted octanol–water partition coefficient (Wildman–Crippen LogP) is 0.260. The first kappa shape index (κ1) is 16.4. The molecule has 0 bridgehead atoms. The minimum atomic E-state index is -1.37. The number of nitrogens with two attached hydrogens (primary N) is 1. The number of primary amides is 1. The molecule has 1 aromatic carbocycles. The average molecular weight is 316 g/mol. The van der Waals surface area contributed by atoms with Gasteiger partial charge in [0.15, 0.2) is 0 Å². The molecule has 0 unspecified atom stereocenters. The van der Waals surface area contributed by atoms with E-state index in [0.717, 1.165) is 18.2 Å². The first-order chi connectivity index (χ1) is 9.72. The Balaban J connectivity index is 3.18. The number of benzene rings is 1. The molecule has 21 heavy (non-hydrogen) atoms. The Labute approximate surface area is 123 Å². The lowest BCUT2D eigenvalue weighted by molar-refractivity contribution is -0.384. The number of hydrogen-bond acceptors (Lipinski definition) is 5. The summed E-state index contributed by atoms with van der Waals surface area (Å²) < 4.78 is 0. The molecule has 112 valence electrons. The van der Waals surface area contributed by atoms with Gasteiger partial charge in [0, 0.05) is 12.1 Å². The van der Waals surface area contributed by atoms with Crippen molar-refractivity contribution in [3.63, 3.8) is 0 Å². The zero-order chi connectivity index (χ0) is 16.2. The molecule has 0 spiro atoms. The van der Waals surface area contributed by atoms with Crippen LogP contribution in [0.1, 0.15) is 10.4 Å². The van der Waals surface area contributed by atoms with Gasteiger partial charge in [0.05, 0.1) is 15.5 Å². The number of rotatable bonds is 6. The molecule has 2 amide bonds. The summed E-state index contributed by atoms with van der Waals surface area (Å²) >= 11 is 5.78. The van der Waals surface area contributed by atoms with Gasteiger partial charge in [-0.1, -0.05) is 11.6 Å². The van der Waals surface area contributed by atoms with Gasteiger partial charge < -0.3 is 15.7 Å². The van der Waals surface area contributed by atoms with Crippen molar-refractivity contribution < 1.29 is 24.4 Å². The second-order valence-electron chi connectivity index (χ2n) is 3.94. The van der Waals surface area contributed by atoms with Gasteiger partial charge in [-0.15, -0.1) is 0 Å².